The number of rotatable bonds is 3. The average Bonchev–Trinajstić information content (AvgIpc) is 2.46. The summed E-state index contributed by atoms with van der Waals surface area (Å²) in [5.41, 5.74) is 0.541. The van der Waals surface area contributed by atoms with E-state index < -0.39 is 5.60 Å². The van der Waals surface area contributed by atoms with E-state index in [2.05, 4.69) is 14.9 Å². The van der Waals surface area contributed by atoms with Gasteiger partial charge >= 0.3 is 6.09 Å². The Hall–Kier alpha value is -1.69. The molecule has 1 saturated heterocycles. The zero-order valence-corrected chi connectivity index (χ0v) is 14.0. The van der Waals surface area contributed by atoms with Crippen LogP contribution in [0.3, 0.4) is 0 Å². The largest absolute Gasteiger partial charge is 0.444 e. The predicted molar refractivity (Wildman–Crippen MR) is 84.3 cm³/mol. The number of nitrogens with zero attached hydrogens (tertiary/aromatic N) is 4. The highest BCUT2D eigenvalue weighted by atomic mass is 16.6. The summed E-state index contributed by atoms with van der Waals surface area (Å²) in [6.45, 7) is 8.40. The van der Waals surface area contributed by atoms with Gasteiger partial charge in [0.05, 0.1) is 5.69 Å². The van der Waals surface area contributed by atoms with Crippen LogP contribution in [0.5, 0.6) is 0 Å². The Morgan fingerprint density at radius 2 is 2.05 bits per heavy atom. The van der Waals surface area contributed by atoms with Crippen molar-refractivity contribution in [2.24, 2.45) is 0 Å². The molecule has 0 aliphatic carbocycles. The van der Waals surface area contributed by atoms with Crippen LogP contribution in [-0.4, -0.2) is 57.6 Å². The molecule has 22 heavy (non-hydrogen) atoms. The zero-order chi connectivity index (χ0) is 16.2. The van der Waals surface area contributed by atoms with E-state index in [0.29, 0.717) is 0 Å². The molecule has 0 N–H and O–H groups in total. The lowest BCUT2D eigenvalue weighted by atomic mass is 10.0. The van der Waals surface area contributed by atoms with Crippen molar-refractivity contribution in [1.82, 2.24) is 19.8 Å². The number of amides is 1. The fourth-order valence-electron chi connectivity index (χ4n) is 2.59. The van der Waals surface area contributed by atoms with Crippen LogP contribution in [0.2, 0.25) is 0 Å². The summed E-state index contributed by atoms with van der Waals surface area (Å²) in [7, 11) is 1.83. The minimum Gasteiger partial charge on any atom is -0.444 e. The van der Waals surface area contributed by atoms with Gasteiger partial charge in [-0.1, -0.05) is 0 Å². The van der Waals surface area contributed by atoms with E-state index in [1.54, 1.807) is 23.5 Å². The average molecular weight is 306 g/mol. The van der Waals surface area contributed by atoms with E-state index in [0.717, 1.165) is 38.2 Å². The predicted octanol–water partition coefficient (Wildman–Crippen LogP) is 2.31. The monoisotopic (exact) mass is 306 g/mol. The molecule has 0 unspecified atom stereocenters. The van der Waals surface area contributed by atoms with E-state index in [9.17, 15) is 4.79 Å². The molecule has 0 saturated carbocycles. The van der Waals surface area contributed by atoms with Crippen molar-refractivity contribution in [1.29, 1.82) is 0 Å². The number of likely N-dealkylation sites (tertiary alicyclic amines) is 1. The summed E-state index contributed by atoms with van der Waals surface area (Å²) in [6, 6.07) is 0.243. The molecule has 122 valence electrons. The lowest BCUT2D eigenvalue weighted by Gasteiger charge is -2.37. The van der Waals surface area contributed by atoms with Gasteiger partial charge in [0, 0.05) is 51.3 Å². The molecule has 0 radical (unpaired) electrons. The maximum absolute atomic E-state index is 12.1. The van der Waals surface area contributed by atoms with E-state index in [-0.39, 0.29) is 12.1 Å². The summed E-state index contributed by atoms with van der Waals surface area (Å²) in [6.07, 6.45) is 6.88. The summed E-state index contributed by atoms with van der Waals surface area (Å²) in [5, 5.41) is 0. The molecule has 1 aromatic heterocycles. The zero-order valence-electron chi connectivity index (χ0n) is 14.0. The molecule has 2 heterocycles. The van der Waals surface area contributed by atoms with Crippen molar-refractivity contribution in [3.05, 3.63) is 24.3 Å². The van der Waals surface area contributed by atoms with Crippen LogP contribution in [0.4, 0.5) is 4.79 Å². The molecule has 1 aromatic rings. The summed E-state index contributed by atoms with van der Waals surface area (Å²) < 4.78 is 5.43. The number of ether oxygens (including phenoxy) is 1. The summed E-state index contributed by atoms with van der Waals surface area (Å²) in [5.74, 6) is 0. The Balaban J connectivity index is 1.80. The molecule has 0 spiro atoms. The van der Waals surface area contributed by atoms with Crippen molar-refractivity contribution in [3.8, 4) is 0 Å². The van der Waals surface area contributed by atoms with E-state index in [1.807, 2.05) is 27.8 Å². The second kappa shape index (κ2) is 7.05. The first kappa shape index (κ1) is 16.7. The van der Waals surface area contributed by atoms with Gasteiger partial charge in [-0.3, -0.25) is 14.9 Å². The number of carbonyl (C=O) groups is 1. The molecule has 1 aliphatic heterocycles. The lowest BCUT2D eigenvalue weighted by molar-refractivity contribution is 0.0148. The number of carbonyl (C=O) groups excluding carboxylic acids is 1. The Morgan fingerprint density at radius 1 is 1.36 bits per heavy atom. The molecule has 1 aliphatic rings. The molecular formula is C16H26N4O2. The highest BCUT2D eigenvalue weighted by Gasteiger charge is 2.28. The SMILES string of the molecule is CN(C(=O)OC(C)(C)C)C1CCN(Cc2cnccn2)CC1. The summed E-state index contributed by atoms with van der Waals surface area (Å²) in [4.78, 5) is 24.6. The molecule has 0 atom stereocenters. The van der Waals surface area contributed by atoms with Crippen LogP contribution >= 0.6 is 0 Å². The number of hydrogen-bond acceptors (Lipinski definition) is 5. The minimum absolute atomic E-state index is 0.236. The van der Waals surface area contributed by atoms with Crippen molar-refractivity contribution in [3.63, 3.8) is 0 Å². The third-order valence-corrected chi connectivity index (χ3v) is 3.79. The molecule has 1 fully saturated rings. The molecule has 0 bridgehead atoms. The van der Waals surface area contributed by atoms with Gasteiger partial charge < -0.3 is 9.64 Å². The van der Waals surface area contributed by atoms with Crippen LogP contribution in [0.25, 0.3) is 0 Å². The van der Waals surface area contributed by atoms with Gasteiger partial charge in [-0.05, 0) is 33.6 Å². The third kappa shape index (κ3) is 4.94. The standard InChI is InChI=1S/C16H26N4O2/c1-16(2,3)22-15(21)19(4)14-5-9-20(10-6-14)12-13-11-17-7-8-18-13/h7-8,11,14H,5-6,9-10,12H2,1-4H3. The van der Waals surface area contributed by atoms with Crippen molar-refractivity contribution in [2.45, 2.75) is 51.8 Å². The first-order valence-electron chi connectivity index (χ1n) is 7.78. The Kier molecular flexibility index (Phi) is 5.34. The van der Waals surface area contributed by atoms with E-state index >= 15 is 0 Å². The van der Waals surface area contributed by atoms with Crippen molar-refractivity contribution >= 4 is 6.09 Å². The third-order valence-electron chi connectivity index (χ3n) is 3.79. The summed E-state index contributed by atoms with van der Waals surface area (Å²) >= 11 is 0. The van der Waals surface area contributed by atoms with Gasteiger partial charge in [0.15, 0.2) is 0 Å². The number of hydrogen-bond donors (Lipinski definition) is 0. The Bertz CT molecular complexity index is 479. The van der Waals surface area contributed by atoms with E-state index in [4.69, 9.17) is 4.74 Å². The van der Waals surface area contributed by atoms with Gasteiger partial charge in [0.25, 0.3) is 0 Å². The maximum atomic E-state index is 12.1. The van der Waals surface area contributed by atoms with Crippen LogP contribution < -0.4 is 0 Å². The lowest BCUT2D eigenvalue weighted by Crippen LogP contribution is -2.46. The van der Waals surface area contributed by atoms with Crippen LogP contribution in [0.1, 0.15) is 39.3 Å². The number of piperidine rings is 1. The minimum atomic E-state index is -0.446. The normalized spacial score (nSPS) is 17.3. The second-order valence-corrected chi connectivity index (χ2v) is 6.80. The smallest absolute Gasteiger partial charge is 0.410 e. The van der Waals surface area contributed by atoms with Gasteiger partial charge in [-0.15, -0.1) is 0 Å². The Labute approximate surface area is 132 Å². The van der Waals surface area contributed by atoms with Gasteiger partial charge in [-0.25, -0.2) is 4.79 Å². The van der Waals surface area contributed by atoms with Gasteiger partial charge in [-0.2, -0.15) is 0 Å². The molecule has 0 aromatic carbocycles. The number of aromatic nitrogens is 2. The van der Waals surface area contributed by atoms with Crippen molar-refractivity contribution < 1.29 is 9.53 Å². The highest BCUT2D eigenvalue weighted by molar-refractivity contribution is 5.68. The molecule has 6 heteroatoms. The first-order valence-corrected chi connectivity index (χ1v) is 7.78. The molecule has 2 rings (SSSR count). The highest BCUT2D eigenvalue weighted by Crippen LogP contribution is 2.19. The first-order chi connectivity index (χ1) is 10.3. The second-order valence-electron chi connectivity index (χ2n) is 6.80. The maximum Gasteiger partial charge on any atom is 0.410 e. The van der Waals surface area contributed by atoms with Crippen molar-refractivity contribution in [2.75, 3.05) is 20.1 Å². The van der Waals surface area contributed by atoms with Crippen LogP contribution in [0.15, 0.2) is 18.6 Å². The van der Waals surface area contributed by atoms with E-state index in [1.165, 1.54) is 0 Å². The van der Waals surface area contributed by atoms with Gasteiger partial charge in [0.2, 0.25) is 0 Å². The quantitative estimate of drug-likeness (QED) is 0.857. The fourth-order valence-corrected chi connectivity index (χ4v) is 2.59. The van der Waals surface area contributed by atoms with Gasteiger partial charge in [0.1, 0.15) is 5.60 Å². The van der Waals surface area contributed by atoms with Crippen LogP contribution in [0, 0.1) is 0 Å². The molecule has 6 nitrogen and oxygen atoms in total. The molecule has 1 amide bonds. The molecular weight excluding hydrogens is 280 g/mol. The Morgan fingerprint density at radius 3 is 2.59 bits per heavy atom. The fraction of sp³-hybridized carbons (Fsp3) is 0.688. The van der Waals surface area contributed by atoms with Crippen LogP contribution in [-0.2, 0) is 11.3 Å². The topological polar surface area (TPSA) is 58.6 Å².